The van der Waals surface area contributed by atoms with Gasteiger partial charge in [-0.1, -0.05) is 91.0 Å². The topological polar surface area (TPSA) is 44.0 Å². The summed E-state index contributed by atoms with van der Waals surface area (Å²) in [5.41, 5.74) is 4.00. The molecule has 0 atom stereocenters. The first-order chi connectivity index (χ1) is 10.9. The molecule has 0 spiro atoms. The lowest BCUT2D eigenvalue weighted by Crippen LogP contribution is -2.02. The number of aliphatic hydroxyl groups is 1. The Kier molecular flexibility index (Phi) is 5.78. The van der Waals surface area contributed by atoms with Gasteiger partial charge in [0, 0.05) is 5.92 Å². The SMILES string of the molecule is N#CO.c1ccc(C(c2ccccc2)c2ccccc2)cc1. The summed E-state index contributed by atoms with van der Waals surface area (Å²) in [6.45, 7) is 0. The summed E-state index contributed by atoms with van der Waals surface area (Å²) in [7, 11) is 0. The maximum Gasteiger partial charge on any atom is 0.283 e. The van der Waals surface area contributed by atoms with E-state index in [-0.39, 0.29) is 0 Å². The fraction of sp³-hybridized carbons (Fsp3) is 0.0500. The zero-order valence-electron chi connectivity index (χ0n) is 12.1. The molecule has 0 aromatic heterocycles. The van der Waals surface area contributed by atoms with Crippen molar-refractivity contribution < 1.29 is 5.11 Å². The fourth-order valence-electron chi connectivity index (χ4n) is 2.51. The van der Waals surface area contributed by atoms with Crippen molar-refractivity contribution in [3.05, 3.63) is 108 Å². The third-order valence-electron chi connectivity index (χ3n) is 3.40. The monoisotopic (exact) mass is 287 g/mol. The second kappa shape index (κ2) is 8.28. The van der Waals surface area contributed by atoms with Gasteiger partial charge in [0.1, 0.15) is 0 Å². The first-order valence-corrected chi connectivity index (χ1v) is 7.05. The van der Waals surface area contributed by atoms with Gasteiger partial charge in [-0.2, -0.15) is 5.26 Å². The summed E-state index contributed by atoms with van der Waals surface area (Å²) in [6, 6.07) is 32.0. The van der Waals surface area contributed by atoms with E-state index in [9.17, 15) is 0 Å². The number of nitrogens with zero attached hydrogens (tertiary/aromatic N) is 1. The number of rotatable bonds is 3. The molecule has 0 saturated heterocycles. The number of hydrogen-bond donors (Lipinski definition) is 1. The molecule has 0 unspecified atom stereocenters. The zero-order valence-corrected chi connectivity index (χ0v) is 12.1. The van der Waals surface area contributed by atoms with Crippen LogP contribution in [-0.4, -0.2) is 5.11 Å². The summed E-state index contributed by atoms with van der Waals surface area (Å²) in [5.74, 6) is 0.309. The highest BCUT2D eigenvalue weighted by Gasteiger charge is 2.15. The number of aliphatic hydroxyl groups excluding tert-OH is 1. The van der Waals surface area contributed by atoms with Crippen LogP contribution in [0.1, 0.15) is 22.6 Å². The molecule has 3 aromatic rings. The van der Waals surface area contributed by atoms with Gasteiger partial charge in [0.2, 0.25) is 0 Å². The van der Waals surface area contributed by atoms with Crippen LogP contribution >= 0.6 is 0 Å². The Morgan fingerprint density at radius 3 is 1.05 bits per heavy atom. The third kappa shape index (κ3) is 3.97. The summed E-state index contributed by atoms with van der Waals surface area (Å²) in [5, 5.41) is 13.8. The molecular weight excluding hydrogens is 270 g/mol. The van der Waals surface area contributed by atoms with Gasteiger partial charge in [0.15, 0.2) is 0 Å². The molecule has 0 fully saturated rings. The molecule has 2 nitrogen and oxygen atoms in total. The predicted octanol–water partition coefficient (Wildman–Crippen LogP) is 4.71. The van der Waals surface area contributed by atoms with E-state index >= 15 is 0 Å². The Hall–Kier alpha value is -3.05. The summed E-state index contributed by atoms with van der Waals surface area (Å²) < 4.78 is 0. The van der Waals surface area contributed by atoms with E-state index in [1.54, 1.807) is 0 Å². The van der Waals surface area contributed by atoms with E-state index in [1.807, 2.05) is 0 Å². The highest BCUT2D eigenvalue weighted by Crippen LogP contribution is 2.31. The predicted molar refractivity (Wildman–Crippen MR) is 87.8 cm³/mol. The molecule has 1 N–H and O–H groups in total. The van der Waals surface area contributed by atoms with Crippen LogP contribution in [0, 0.1) is 11.5 Å². The largest absolute Gasteiger partial charge is 0.443 e. The number of benzene rings is 3. The van der Waals surface area contributed by atoms with Crippen LogP contribution in [-0.2, 0) is 0 Å². The van der Waals surface area contributed by atoms with Crippen molar-refractivity contribution in [2.24, 2.45) is 0 Å². The van der Waals surface area contributed by atoms with E-state index in [2.05, 4.69) is 91.0 Å². The summed E-state index contributed by atoms with van der Waals surface area (Å²) >= 11 is 0. The Morgan fingerprint density at radius 2 is 0.818 bits per heavy atom. The molecule has 0 aliphatic rings. The zero-order chi connectivity index (χ0) is 15.6. The Balaban J connectivity index is 0.000000545. The van der Waals surface area contributed by atoms with E-state index < -0.39 is 0 Å². The van der Waals surface area contributed by atoms with Gasteiger partial charge in [-0.25, -0.2) is 0 Å². The van der Waals surface area contributed by atoms with Crippen molar-refractivity contribution in [2.75, 3.05) is 0 Å². The minimum Gasteiger partial charge on any atom is -0.443 e. The van der Waals surface area contributed by atoms with Crippen LogP contribution in [0.4, 0.5) is 0 Å². The molecule has 3 rings (SSSR count). The van der Waals surface area contributed by atoms with Gasteiger partial charge in [0.05, 0.1) is 0 Å². The molecule has 3 aromatic carbocycles. The van der Waals surface area contributed by atoms with Crippen molar-refractivity contribution in [3.8, 4) is 6.26 Å². The molecule has 22 heavy (non-hydrogen) atoms. The molecule has 2 heteroatoms. The van der Waals surface area contributed by atoms with Gasteiger partial charge in [-0.05, 0) is 16.7 Å². The molecule has 0 heterocycles. The van der Waals surface area contributed by atoms with Crippen LogP contribution < -0.4 is 0 Å². The minimum atomic E-state index is 0.309. The lowest BCUT2D eigenvalue weighted by molar-refractivity contribution is 0.503. The van der Waals surface area contributed by atoms with Gasteiger partial charge in [0.25, 0.3) is 6.26 Å². The highest BCUT2D eigenvalue weighted by molar-refractivity contribution is 5.42. The Bertz CT molecular complexity index is 609. The Labute approximate surface area is 130 Å². The van der Waals surface area contributed by atoms with Gasteiger partial charge >= 0.3 is 0 Å². The van der Waals surface area contributed by atoms with Crippen LogP contribution in [0.3, 0.4) is 0 Å². The van der Waals surface area contributed by atoms with Crippen molar-refractivity contribution in [1.82, 2.24) is 0 Å². The van der Waals surface area contributed by atoms with Gasteiger partial charge in [-0.3, -0.25) is 0 Å². The maximum absolute atomic E-state index is 6.88. The smallest absolute Gasteiger partial charge is 0.283 e. The number of nitriles is 1. The fourth-order valence-corrected chi connectivity index (χ4v) is 2.51. The standard InChI is InChI=1S/C19H16.CHNO/c1-4-10-16(11-5-1)19(17-12-6-2-7-13-17)18-14-8-3-9-15-18;2-1-3/h1-15,19H;3H. The van der Waals surface area contributed by atoms with Crippen LogP contribution in [0.5, 0.6) is 0 Å². The minimum absolute atomic E-state index is 0.309. The highest BCUT2D eigenvalue weighted by atomic mass is 16.2. The van der Waals surface area contributed by atoms with Gasteiger partial charge < -0.3 is 5.11 Å². The molecule has 0 aliphatic carbocycles. The van der Waals surface area contributed by atoms with Crippen LogP contribution in [0.15, 0.2) is 91.0 Å². The van der Waals surface area contributed by atoms with Crippen molar-refractivity contribution in [1.29, 1.82) is 5.26 Å². The summed E-state index contributed by atoms with van der Waals surface area (Å²) in [4.78, 5) is 0. The van der Waals surface area contributed by atoms with Crippen LogP contribution in [0.25, 0.3) is 0 Å². The van der Waals surface area contributed by atoms with Crippen molar-refractivity contribution in [2.45, 2.75) is 5.92 Å². The summed E-state index contributed by atoms with van der Waals surface area (Å²) in [6.07, 6.45) is 0.750. The maximum atomic E-state index is 6.88. The molecular formula is C20H17NO. The molecule has 0 aliphatic heterocycles. The molecule has 108 valence electrons. The number of hydrogen-bond acceptors (Lipinski definition) is 2. The third-order valence-corrected chi connectivity index (χ3v) is 3.40. The van der Waals surface area contributed by atoms with E-state index in [1.165, 1.54) is 16.7 Å². The Morgan fingerprint density at radius 1 is 0.591 bits per heavy atom. The average Bonchev–Trinajstić information content (AvgIpc) is 2.59. The van der Waals surface area contributed by atoms with E-state index in [4.69, 9.17) is 10.4 Å². The van der Waals surface area contributed by atoms with Crippen LogP contribution in [0.2, 0.25) is 0 Å². The average molecular weight is 287 g/mol. The molecule has 0 radical (unpaired) electrons. The first kappa shape index (κ1) is 15.3. The quantitative estimate of drug-likeness (QED) is 0.560. The lowest BCUT2D eigenvalue weighted by atomic mass is 9.85. The molecule has 0 saturated carbocycles. The van der Waals surface area contributed by atoms with Crippen molar-refractivity contribution in [3.63, 3.8) is 0 Å². The van der Waals surface area contributed by atoms with E-state index in [0.717, 1.165) is 6.26 Å². The lowest BCUT2D eigenvalue weighted by Gasteiger charge is -2.18. The second-order valence-electron chi connectivity index (χ2n) is 4.77. The van der Waals surface area contributed by atoms with Crippen molar-refractivity contribution >= 4 is 0 Å². The molecule has 0 amide bonds. The normalized spacial score (nSPS) is 9.45. The van der Waals surface area contributed by atoms with E-state index in [0.29, 0.717) is 5.92 Å². The second-order valence-corrected chi connectivity index (χ2v) is 4.77. The van der Waals surface area contributed by atoms with Gasteiger partial charge in [-0.15, -0.1) is 0 Å². The molecule has 0 bridgehead atoms. The first-order valence-electron chi connectivity index (χ1n) is 7.05.